The molecule has 0 amide bonds. The zero-order valence-electron chi connectivity index (χ0n) is 8.88. The Kier molecular flexibility index (Phi) is 7.36. The first-order valence-corrected chi connectivity index (χ1v) is 5.03. The number of allylic oxidation sites excluding steroid dienone is 2. The van der Waals surface area contributed by atoms with Crippen LogP contribution in [0.1, 0.15) is 40.0 Å². The minimum atomic E-state index is -0.0842. The maximum atomic E-state index is 11.1. The quantitative estimate of drug-likeness (QED) is 0.468. The van der Waals surface area contributed by atoms with Gasteiger partial charge in [0.05, 0.1) is 13.0 Å². The lowest BCUT2D eigenvalue weighted by molar-refractivity contribution is -0.143. The molecule has 0 radical (unpaired) electrons. The largest absolute Gasteiger partial charge is 0.466 e. The van der Waals surface area contributed by atoms with Gasteiger partial charge in [-0.2, -0.15) is 0 Å². The summed E-state index contributed by atoms with van der Waals surface area (Å²) >= 11 is 0. The summed E-state index contributed by atoms with van der Waals surface area (Å²) in [5, 5.41) is 0. The Bertz CT molecular complexity index is 161. The molecule has 2 nitrogen and oxygen atoms in total. The lowest BCUT2D eigenvalue weighted by Gasteiger charge is -2.09. The topological polar surface area (TPSA) is 26.3 Å². The number of esters is 1. The van der Waals surface area contributed by atoms with Gasteiger partial charge in [0.1, 0.15) is 0 Å². The molecule has 0 aromatic heterocycles. The van der Waals surface area contributed by atoms with Crippen LogP contribution in [0.3, 0.4) is 0 Å². The molecule has 13 heavy (non-hydrogen) atoms. The second kappa shape index (κ2) is 7.84. The Balaban J connectivity index is 3.86. The first-order chi connectivity index (χ1) is 6.24. The van der Waals surface area contributed by atoms with Crippen molar-refractivity contribution in [1.82, 2.24) is 0 Å². The molecule has 0 heterocycles. The second-order valence-corrected chi connectivity index (χ2v) is 3.08. The van der Waals surface area contributed by atoms with Crippen molar-refractivity contribution in [3.05, 3.63) is 12.2 Å². The maximum Gasteiger partial charge on any atom is 0.306 e. The SMILES string of the molecule is C/C=C/C(CCC)CC(=O)OCC. The molecule has 0 aromatic carbocycles. The van der Waals surface area contributed by atoms with Crippen LogP contribution >= 0.6 is 0 Å². The minimum Gasteiger partial charge on any atom is -0.466 e. The molecule has 0 aromatic rings. The second-order valence-electron chi connectivity index (χ2n) is 3.08. The minimum absolute atomic E-state index is 0.0842. The third-order valence-corrected chi connectivity index (χ3v) is 1.86. The van der Waals surface area contributed by atoms with E-state index in [1.165, 1.54) is 0 Å². The van der Waals surface area contributed by atoms with Crippen molar-refractivity contribution >= 4 is 5.97 Å². The maximum absolute atomic E-state index is 11.1. The number of rotatable bonds is 6. The van der Waals surface area contributed by atoms with Crippen molar-refractivity contribution in [2.75, 3.05) is 6.61 Å². The summed E-state index contributed by atoms with van der Waals surface area (Å²) in [6.45, 7) is 6.42. The van der Waals surface area contributed by atoms with Crippen molar-refractivity contribution < 1.29 is 9.53 Å². The fourth-order valence-electron chi connectivity index (χ4n) is 1.34. The normalized spacial score (nSPS) is 13.2. The van der Waals surface area contributed by atoms with E-state index in [-0.39, 0.29) is 5.97 Å². The van der Waals surface area contributed by atoms with E-state index in [0.717, 1.165) is 12.8 Å². The molecule has 0 rings (SSSR count). The van der Waals surface area contributed by atoms with Crippen LogP contribution in [0.4, 0.5) is 0 Å². The highest BCUT2D eigenvalue weighted by Crippen LogP contribution is 2.13. The number of carbonyl (C=O) groups excluding carboxylic acids is 1. The summed E-state index contributed by atoms with van der Waals surface area (Å²) in [6, 6.07) is 0. The van der Waals surface area contributed by atoms with E-state index in [9.17, 15) is 4.79 Å². The van der Waals surface area contributed by atoms with E-state index < -0.39 is 0 Å². The van der Waals surface area contributed by atoms with E-state index in [1.807, 2.05) is 19.9 Å². The van der Waals surface area contributed by atoms with Crippen LogP contribution in [0.5, 0.6) is 0 Å². The predicted molar refractivity (Wildman–Crippen MR) is 54.5 cm³/mol. The van der Waals surface area contributed by atoms with Gasteiger partial charge in [-0.05, 0) is 26.2 Å². The number of carbonyl (C=O) groups is 1. The van der Waals surface area contributed by atoms with Crippen molar-refractivity contribution in [1.29, 1.82) is 0 Å². The molecule has 0 saturated carbocycles. The molecule has 0 N–H and O–H groups in total. The summed E-state index contributed by atoms with van der Waals surface area (Å²) in [5.41, 5.74) is 0. The fourth-order valence-corrected chi connectivity index (χ4v) is 1.34. The fraction of sp³-hybridized carbons (Fsp3) is 0.727. The molecular weight excluding hydrogens is 164 g/mol. The predicted octanol–water partition coefficient (Wildman–Crippen LogP) is 2.93. The molecule has 0 fully saturated rings. The first-order valence-electron chi connectivity index (χ1n) is 5.03. The molecule has 0 spiro atoms. The van der Waals surface area contributed by atoms with Crippen LogP contribution in [0, 0.1) is 5.92 Å². The van der Waals surface area contributed by atoms with Crippen molar-refractivity contribution in [2.24, 2.45) is 5.92 Å². The van der Waals surface area contributed by atoms with E-state index in [2.05, 4.69) is 13.0 Å². The van der Waals surface area contributed by atoms with Gasteiger partial charge >= 0.3 is 5.97 Å². The summed E-state index contributed by atoms with van der Waals surface area (Å²) in [4.78, 5) is 11.1. The van der Waals surface area contributed by atoms with Crippen molar-refractivity contribution in [2.45, 2.75) is 40.0 Å². The Morgan fingerprint density at radius 2 is 2.15 bits per heavy atom. The lowest BCUT2D eigenvalue weighted by atomic mass is 9.99. The smallest absolute Gasteiger partial charge is 0.306 e. The van der Waals surface area contributed by atoms with E-state index in [4.69, 9.17) is 4.74 Å². The highest BCUT2D eigenvalue weighted by Gasteiger charge is 2.10. The molecule has 76 valence electrons. The van der Waals surface area contributed by atoms with Gasteiger partial charge in [-0.3, -0.25) is 4.79 Å². The summed E-state index contributed by atoms with van der Waals surface area (Å²) < 4.78 is 4.89. The summed E-state index contributed by atoms with van der Waals surface area (Å²) in [6.07, 6.45) is 6.77. The first kappa shape index (κ1) is 12.2. The Morgan fingerprint density at radius 1 is 1.46 bits per heavy atom. The zero-order valence-corrected chi connectivity index (χ0v) is 8.88. The van der Waals surface area contributed by atoms with Gasteiger partial charge in [0.15, 0.2) is 0 Å². The van der Waals surface area contributed by atoms with Gasteiger partial charge in [0.25, 0.3) is 0 Å². The van der Waals surface area contributed by atoms with Crippen LogP contribution in [-0.2, 0) is 9.53 Å². The van der Waals surface area contributed by atoms with E-state index >= 15 is 0 Å². The summed E-state index contributed by atoms with van der Waals surface area (Å²) in [7, 11) is 0. The molecule has 0 bridgehead atoms. The van der Waals surface area contributed by atoms with Gasteiger partial charge < -0.3 is 4.74 Å². The molecule has 2 heteroatoms. The average molecular weight is 184 g/mol. The van der Waals surface area contributed by atoms with E-state index in [0.29, 0.717) is 18.9 Å². The molecule has 0 aliphatic carbocycles. The lowest BCUT2D eigenvalue weighted by Crippen LogP contribution is -2.09. The van der Waals surface area contributed by atoms with Gasteiger partial charge in [-0.1, -0.05) is 25.5 Å². The Labute approximate surface area is 81.0 Å². The molecule has 1 atom stereocenters. The third-order valence-electron chi connectivity index (χ3n) is 1.86. The average Bonchev–Trinajstić information content (AvgIpc) is 2.05. The monoisotopic (exact) mass is 184 g/mol. The van der Waals surface area contributed by atoms with Crippen LogP contribution in [0.15, 0.2) is 12.2 Å². The number of hydrogen-bond donors (Lipinski definition) is 0. The Morgan fingerprint density at radius 3 is 2.62 bits per heavy atom. The van der Waals surface area contributed by atoms with Gasteiger partial charge in [0.2, 0.25) is 0 Å². The van der Waals surface area contributed by atoms with Crippen molar-refractivity contribution in [3.8, 4) is 0 Å². The van der Waals surface area contributed by atoms with Gasteiger partial charge in [-0.15, -0.1) is 0 Å². The van der Waals surface area contributed by atoms with Crippen LogP contribution in [-0.4, -0.2) is 12.6 Å². The zero-order chi connectivity index (χ0) is 10.1. The van der Waals surface area contributed by atoms with Crippen LogP contribution in [0.2, 0.25) is 0 Å². The highest BCUT2D eigenvalue weighted by atomic mass is 16.5. The molecular formula is C11H20O2. The number of ether oxygens (including phenoxy) is 1. The van der Waals surface area contributed by atoms with E-state index in [1.54, 1.807) is 0 Å². The highest BCUT2D eigenvalue weighted by molar-refractivity contribution is 5.69. The Hall–Kier alpha value is -0.790. The van der Waals surface area contributed by atoms with Crippen molar-refractivity contribution in [3.63, 3.8) is 0 Å². The number of hydrogen-bond acceptors (Lipinski definition) is 2. The van der Waals surface area contributed by atoms with Crippen LogP contribution < -0.4 is 0 Å². The van der Waals surface area contributed by atoms with Gasteiger partial charge in [0, 0.05) is 0 Å². The standard InChI is InChI=1S/C11H20O2/c1-4-7-10(8-5-2)9-11(12)13-6-3/h4,7,10H,5-6,8-9H2,1-3H3/b7-4+. The molecule has 0 aliphatic rings. The van der Waals surface area contributed by atoms with Crippen LogP contribution in [0.25, 0.3) is 0 Å². The molecule has 1 unspecified atom stereocenters. The third kappa shape index (κ3) is 6.38. The molecule has 0 saturated heterocycles. The molecule has 0 aliphatic heterocycles. The summed E-state index contributed by atoms with van der Waals surface area (Å²) in [5.74, 6) is 0.271. The van der Waals surface area contributed by atoms with Gasteiger partial charge in [-0.25, -0.2) is 0 Å².